The van der Waals surface area contributed by atoms with Crippen LogP contribution in [0.25, 0.3) is 0 Å². The van der Waals surface area contributed by atoms with E-state index in [1.807, 2.05) is 30.3 Å². The second kappa shape index (κ2) is 11.2. The smallest absolute Gasteiger partial charge is 0.492 e. The molecule has 182 valence electrons. The molecular weight excluding hydrogens is 463 g/mol. The van der Waals surface area contributed by atoms with Crippen LogP contribution in [0.3, 0.4) is 0 Å². The van der Waals surface area contributed by atoms with Crippen molar-refractivity contribution in [2.24, 2.45) is 5.73 Å². The van der Waals surface area contributed by atoms with Gasteiger partial charge in [-0.25, -0.2) is 4.79 Å². The Hall–Kier alpha value is -4.34. The molecule has 7 nitrogen and oxygen atoms in total. The van der Waals surface area contributed by atoms with Crippen LogP contribution in [0.2, 0.25) is 0 Å². The molecule has 0 atom stereocenters. The fraction of sp³-hybridized carbons (Fsp3) is 0.160. The number of amidine groups is 1. The van der Waals surface area contributed by atoms with Crippen LogP contribution < -0.4 is 10.5 Å². The van der Waals surface area contributed by atoms with E-state index in [9.17, 15) is 22.8 Å². The maximum absolute atomic E-state index is 12.8. The summed E-state index contributed by atoms with van der Waals surface area (Å²) in [6.45, 7) is -0.763. The van der Waals surface area contributed by atoms with E-state index in [1.54, 1.807) is 30.3 Å². The summed E-state index contributed by atoms with van der Waals surface area (Å²) in [5, 5.41) is 7.76. The fourth-order valence-corrected chi connectivity index (χ4v) is 3.08. The second-order valence-electron chi connectivity index (χ2n) is 7.43. The largest absolute Gasteiger partial charge is 0.493 e. The summed E-state index contributed by atoms with van der Waals surface area (Å²) in [5.41, 5.74) is 7.79. The first-order valence-corrected chi connectivity index (χ1v) is 10.4. The van der Waals surface area contributed by atoms with Crippen LogP contribution in [-0.2, 0) is 16.1 Å². The molecule has 0 fully saturated rings. The van der Waals surface area contributed by atoms with Crippen molar-refractivity contribution in [1.82, 2.24) is 5.06 Å². The molecular formula is C25H22F3N3O4. The molecule has 10 heteroatoms. The van der Waals surface area contributed by atoms with Gasteiger partial charge in [-0.05, 0) is 41.8 Å². The van der Waals surface area contributed by atoms with Crippen molar-refractivity contribution in [3.63, 3.8) is 0 Å². The molecule has 3 aromatic carbocycles. The van der Waals surface area contributed by atoms with Gasteiger partial charge in [0.1, 0.15) is 18.2 Å². The van der Waals surface area contributed by atoms with Gasteiger partial charge in [0.2, 0.25) is 0 Å². The van der Waals surface area contributed by atoms with Gasteiger partial charge in [-0.2, -0.15) is 18.2 Å². The minimum absolute atomic E-state index is 0.0374. The summed E-state index contributed by atoms with van der Waals surface area (Å²) in [4.78, 5) is 28.6. The summed E-state index contributed by atoms with van der Waals surface area (Å²) < 4.78 is 43.7. The number of nitrogens with zero attached hydrogens (tertiary/aromatic N) is 1. The monoisotopic (exact) mass is 485 g/mol. The number of alkyl halides is 3. The molecule has 0 unspecified atom stereocenters. The Bertz CT molecular complexity index is 1180. The Morgan fingerprint density at radius 2 is 1.54 bits per heavy atom. The molecule has 35 heavy (non-hydrogen) atoms. The maximum atomic E-state index is 12.8. The average molecular weight is 485 g/mol. The number of nitrogens with two attached hydrogens (primary N) is 1. The van der Waals surface area contributed by atoms with Gasteiger partial charge in [-0.1, -0.05) is 54.6 Å². The lowest BCUT2D eigenvalue weighted by Crippen LogP contribution is -2.40. The zero-order valence-electron chi connectivity index (χ0n) is 18.4. The van der Waals surface area contributed by atoms with Gasteiger partial charge in [-0.15, -0.1) is 0 Å². The molecule has 3 rings (SSSR count). The van der Waals surface area contributed by atoms with Crippen LogP contribution in [0.5, 0.6) is 5.75 Å². The quantitative estimate of drug-likeness (QED) is 0.284. The number of carbonyl (C=O) groups is 2. The zero-order chi connectivity index (χ0) is 25.4. The third kappa shape index (κ3) is 7.32. The van der Waals surface area contributed by atoms with Crippen molar-refractivity contribution in [3.05, 3.63) is 101 Å². The molecule has 1 amide bonds. The Kier molecular flexibility index (Phi) is 8.08. The lowest BCUT2D eigenvalue weighted by molar-refractivity contribution is -0.229. The predicted molar refractivity (Wildman–Crippen MR) is 122 cm³/mol. The van der Waals surface area contributed by atoms with Crippen LogP contribution >= 0.6 is 0 Å². The van der Waals surface area contributed by atoms with E-state index in [4.69, 9.17) is 15.9 Å². The minimum Gasteiger partial charge on any atom is -0.492 e. The molecule has 0 aromatic heterocycles. The van der Waals surface area contributed by atoms with Crippen LogP contribution in [0, 0.1) is 5.41 Å². The van der Waals surface area contributed by atoms with Crippen molar-refractivity contribution in [2.75, 3.05) is 13.2 Å². The highest BCUT2D eigenvalue weighted by Gasteiger charge is 2.43. The summed E-state index contributed by atoms with van der Waals surface area (Å²) >= 11 is 0. The number of hydrogen-bond donors (Lipinski definition) is 2. The number of amides is 1. The standard InChI is InChI=1S/C25H22F3N3O4/c26-25(27,28)24(33)35-31(13-14-34-21-8-4-7-20(16-21)22(29)30)23(32)19-11-9-18(10-12-19)15-17-5-2-1-3-6-17/h1-12,16H,13-15H2,(H3,29,30). The number of carbonyl (C=O) groups excluding carboxylic acids is 2. The molecule has 0 aliphatic heterocycles. The molecule has 0 bridgehead atoms. The first-order valence-electron chi connectivity index (χ1n) is 10.4. The minimum atomic E-state index is -5.28. The van der Waals surface area contributed by atoms with Crippen LogP contribution in [0.4, 0.5) is 13.2 Å². The Morgan fingerprint density at radius 3 is 2.17 bits per heavy atom. The van der Waals surface area contributed by atoms with E-state index in [0.717, 1.165) is 11.1 Å². The number of hydroxylamine groups is 2. The van der Waals surface area contributed by atoms with E-state index in [-0.39, 0.29) is 23.8 Å². The fourth-order valence-electron chi connectivity index (χ4n) is 3.08. The lowest BCUT2D eigenvalue weighted by atomic mass is 10.0. The van der Waals surface area contributed by atoms with Crippen molar-refractivity contribution in [3.8, 4) is 5.75 Å². The van der Waals surface area contributed by atoms with E-state index in [2.05, 4.69) is 4.84 Å². The molecule has 0 saturated carbocycles. The van der Waals surface area contributed by atoms with Gasteiger partial charge in [0.15, 0.2) is 0 Å². The number of halogens is 3. The van der Waals surface area contributed by atoms with E-state index in [1.165, 1.54) is 18.2 Å². The second-order valence-corrected chi connectivity index (χ2v) is 7.43. The third-order valence-electron chi connectivity index (χ3n) is 4.81. The topological polar surface area (TPSA) is 106 Å². The third-order valence-corrected chi connectivity index (χ3v) is 4.81. The van der Waals surface area contributed by atoms with Crippen LogP contribution in [0.1, 0.15) is 27.0 Å². The average Bonchev–Trinajstić information content (AvgIpc) is 2.83. The molecule has 3 N–H and O–H groups in total. The summed E-state index contributed by atoms with van der Waals surface area (Å²) in [6, 6.07) is 22.0. The highest BCUT2D eigenvalue weighted by atomic mass is 19.4. The van der Waals surface area contributed by atoms with Crippen molar-refractivity contribution in [2.45, 2.75) is 12.6 Å². The maximum Gasteiger partial charge on any atom is 0.493 e. The van der Waals surface area contributed by atoms with E-state index < -0.39 is 24.6 Å². The SMILES string of the molecule is N=C(N)c1cccc(OCCN(OC(=O)C(F)(F)F)C(=O)c2ccc(Cc3ccccc3)cc2)c1. The summed E-state index contributed by atoms with van der Waals surface area (Å²) in [6.07, 6.45) is -4.68. The van der Waals surface area contributed by atoms with Gasteiger partial charge in [0, 0.05) is 11.1 Å². The highest BCUT2D eigenvalue weighted by molar-refractivity contribution is 5.95. The number of nitrogen functional groups attached to an aromatic ring is 1. The molecule has 0 saturated heterocycles. The Labute approximate surface area is 199 Å². The van der Waals surface area contributed by atoms with Crippen LogP contribution in [-0.4, -0.2) is 42.1 Å². The van der Waals surface area contributed by atoms with E-state index >= 15 is 0 Å². The first-order chi connectivity index (χ1) is 16.6. The van der Waals surface area contributed by atoms with E-state index in [0.29, 0.717) is 17.0 Å². The predicted octanol–water partition coefficient (Wildman–Crippen LogP) is 4.10. The Balaban J connectivity index is 1.70. The molecule has 0 aliphatic rings. The molecule has 0 heterocycles. The van der Waals surface area contributed by atoms with Crippen LogP contribution in [0.15, 0.2) is 78.9 Å². The molecule has 3 aromatic rings. The van der Waals surface area contributed by atoms with Crippen molar-refractivity contribution >= 4 is 17.7 Å². The van der Waals surface area contributed by atoms with Crippen molar-refractivity contribution in [1.29, 1.82) is 5.41 Å². The molecule has 0 spiro atoms. The number of benzene rings is 3. The van der Waals surface area contributed by atoms with Gasteiger partial charge in [-0.3, -0.25) is 10.2 Å². The first kappa shape index (κ1) is 25.3. The van der Waals surface area contributed by atoms with Gasteiger partial charge < -0.3 is 15.3 Å². The van der Waals surface area contributed by atoms with Gasteiger partial charge in [0.25, 0.3) is 5.91 Å². The summed E-state index contributed by atoms with van der Waals surface area (Å²) in [7, 11) is 0. The number of ether oxygens (including phenoxy) is 1. The normalized spacial score (nSPS) is 10.9. The lowest BCUT2D eigenvalue weighted by Gasteiger charge is -2.22. The zero-order valence-corrected chi connectivity index (χ0v) is 18.4. The Morgan fingerprint density at radius 1 is 0.886 bits per heavy atom. The molecule has 0 aliphatic carbocycles. The van der Waals surface area contributed by atoms with Gasteiger partial charge in [0.05, 0.1) is 6.54 Å². The number of nitrogens with one attached hydrogen (secondary N) is 1. The molecule has 0 radical (unpaired) electrons. The summed E-state index contributed by atoms with van der Waals surface area (Å²) in [5.74, 6) is -3.38. The number of rotatable bonds is 8. The number of hydrogen-bond acceptors (Lipinski definition) is 5. The van der Waals surface area contributed by atoms with Crippen molar-refractivity contribution < 1.29 is 32.3 Å². The highest BCUT2D eigenvalue weighted by Crippen LogP contribution is 2.19. The van der Waals surface area contributed by atoms with Gasteiger partial charge >= 0.3 is 12.1 Å².